The lowest BCUT2D eigenvalue weighted by molar-refractivity contribution is 0.582. The predicted molar refractivity (Wildman–Crippen MR) is 72.6 cm³/mol. The quantitative estimate of drug-likeness (QED) is 0.838. The summed E-state index contributed by atoms with van der Waals surface area (Å²) in [6.45, 7) is 1.97. The summed E-state index contributed by atoms with van der Waals surface area (Å²) in [5, 5.41) is 12.2. The molecule has 1 fully saturated rings. The minimum Gasteiger partial charge on any atom is -0.383 e. The molecule has 0 radical (unpaired) electrons. The topological polar surface area (TPSA) is 107 Å². The Hall–Kier alpha value is -1.57. The number of aromatic amines is 1. The molecule has 0 saturated heterocycles. The van der Waals surface area contributed by atoms with Crippen LogP contribution in [0.4, 0.5) is 5.82 Å². The molecule has 3 N–H and O–H groups in total. The number of nitrogens with one attached hydrogen (secondary N) is 1. The van der Waals surface area contributed by atoms with E-state index in [2.05, 4.69) is 15.3 Å². The molecule has 0 spiro atoms. The fourth-order valence-corrected chi connectivity index (χ4v) is 2.92. The summed E-state index contributed by atoms with van der Waals surface area (Å²) in [5.41, 5.74) is 7.49. The number of anilines is 1. The van der Waals surface area contributed by atoms with Gasteiger partial charge in [-0.15, -0.1) is 0 Å². The largest absolute Gasteiger partial charge is 0.383 e. The highest BCUT2D eigenvalue weighted by Crippen LogP contribution is 2.43. The minimum atomic E-state index is -3.00. The Morgan fingerprint density at radius 1 is 1.47 bits per heavy atom. The van der Waals surface area contributed by atoms with E-state index in [0.717, 1.165) is 23.9 Å². The van der Waals surface area contributed by atoms with Gasteiger partial charge in [0, 0.05) is 11.7 Å². The Morgan fingerprint density at radius 2 is 2.21 bits per heavy atom. The summed E-state index contributed by atoms with van der Waals surface area (Å²) in [4.78, 5) is 0. The van der Waals surface area contributed by atoms with Crippen molar-refractivity contribution in [3.63, 3.8) is 0 Å². The maximum absolute atomic E-state index is 11.6. The number of nitrogens with two attached hydrogens (primary N) is 1. The minimum absolute atomic E-state index is 0.0805. The van der Waals surface area contributed by atoms with Crippen LogP contribution in [-0.2, 0) is 16.4 Å². The van der Waals surface area contributed by atoms with E-state index in [1.807, 2.05) is 0 Å². The number of nitrogens with zero attached hydrogens (tertiary/aromatic N) is 3. The number of H-pyrrole nitrogens is 1. The van der Waals surface area contributed by atoms with Crippen molar-refractivity contribution in [2.24, 2.45) is 0 Å². The zero-order valence-electron chi connectivity index (χ0n) is 10.8. The zero-order valence-corrected chi connectivity index (χ0v) is 11.6. The SMILES string of the molecule is CCS(=O)(=O)CCn1nc(C2CC2)c2c(N)[nH]nc21. The second-order valence-corrected chi connectivity index (χ2v) is 7.43. The van der Waals surface area contributed by atoms with Crippen molar-refractivity contribution in [1.82, 2.24) is 20.0 Å². The molecule has 8 heteroatoms. The van der Waals surface area contributed by atoms with E-state index in [4.69, 9.17) is 5.73 Å². The summed E-state index contributed by atoms with van der Waals surface area (Å²) in [5.74, 6) is 1.19. The molecule has 0 aromatic carbocycles. The second-order valence-electron chi connectivity index (χ2n) is 4.95. The number of fused-ring (bicyclic) bond motifs is 1. The van der Waals surface area contributed by atoms with Crippen LogP contribution >= 0.6 is 0 Å². The van der Waals surface area contributed by atoms with Crippen LogP contribution in [0, 0.1) is 0 Å². The number of nitrogen functional groups attached to an aromatic ring is 1. The zero-order chi connectivity index (χ0) is 13.6. The molecular weight excluding hydrogens is 266 g/mol. The van der Waals surface area contributed by atoms with E-state index < -0.39 is 9.84 Å². The van der Waals surface area contributed by atoms with Crippen molar-refractivity contribution in [1.29, 1.82) is 0 Å². The van der Waals surface area contributed by atoms with Gasteiger partial charge in [0.15, 0.2) is 15.5 Å². The fraction of sp³-hybridized carbons (Fsp3) is 0.636. The first-order valence-electron chi connectivity index (χ1n) is 6.42. The molecule has 1 aliphatic carbocycles. The maximum Gasteiger partial charge on any atom is 0.182 e. The Morgan fingerprint density at radius 3 is 2.84 bits per heavy atom. The van der Waals surface area contributed by atoms with E-state index in [0.29, 0.717) is 23.9 Å². The third kappa shape index (κ3) is 2.20. The first-order valence-corrected chi connectivity index (χ1v) is 8.24. The van der Waals surface area contributed by atoms with E-state index in [1.54, 1.807) is 11.6 Å². The van der Waals surface area contributed by atoms with Gasteiger partial charge in [0.1, 0.15) is 5.82 Å². The first kappa shape index (κ1) is 12.5. The molecular formula is C11H17N5O2S. The molecule has 0 atom stereocenters. The number of aromatic nitrogens is 4. The molecule has 0 aliphatic heterocycles. The highest BCUT2D eigenvalue weighted by Gasteiger charge is 2.31. The van der Waals surface area contributed by atoms with E-state index in [9.17, 15) is 8.42 Å². The molecule has 0 amide bonds. The molecule has 1 saturated carbocycles. The Balaban J connectivity index is 1.95. The lowest BCUT2D eigenvalue weighted by atomic mass is 10.2. The second kappa shape index (κ2) is 4.22. The smallest absolute Gasteiger partial charge is 0.182 e. The Kier molecular flexibility index (Phi) is 2.77. The van der Waals surface area contributed by atoms with Crippen LogP contribution in [0.25, 0.3) is 11.0 Å². The summed E-state index contributed by atoms with van der Waals surface area (Å²) < 4.78 is 24.8. The molecule has 1 aliphatic rings. The number of aryl methyl sites for hydroxylation is 1. The van der Waals surface area contributed by atoms with Crippen LogP contribution in [0.1, 0.15) is 31.4 Å². The summed E-state index contributed by atoms with van der Waals surface area (Å²) in [6.07, 6.45) is 2.23. The molecule has 2 aromatic rings. The van der Waals surface area contributed by atoms with Crippen LogP contribution in [0.15, 0.2) is 0 Å². The van der Waals surface area contributed by atoms with Crippen LogP contribution < -0.4 is 5.73 Å². The van der Waals surface area contributed by atoms with Gasteiger partial charge in [0.25, 0.3) is 0 Å². The van der Waals surface area contributed by atoms with Crippen molar-refractivity contribution in [3.8, 4) is 0 Å². The Labute approximate surface area is 111 Å². The molecule has 104 valence electrons. The Bertz CT molecular complexity index is 711. The van der Waals surface area contributed by atoms with Crippen LogP contribution in [0.5, 0.6) is 0 Å². The molecule has 2 heterocycles. The molecule has 3 rings (SSSR count). The van der Waals surface area contributed by atoms with Gasteiger partial charge in [-0.2, -0.15) is 10.2 Å². The van der Waals surface area contributed by atoms with Gasteiger partial charge in [0.2, 0.25) is 0 Å². The van der Waals surface area contributed by atoms with Gasteiger partial charge in [0.05, 0.1) is 23.4 Å². The van der Waals surface area contributed by atoms with Gasteiger partial charge >= 0.3 is 0 Å². The van der Waals surface area contributed by atoms with Crippen molar-refractivity contribution in [3.05, 3.63) is 5.69 Å². The van der Waals surface area contributed by atoms with Gasteiger partial charge in [-0.3, -0.25) is 5.10 Å². The number of hydrogen-bond donors (Lipinski definition) is 2. The number of rotatable bonds is 5. The van der Waals surface area contributed by atoms with Crippen molar-refractivity contribution in [2.75, 3.05) is 17.2 Å². The van der Waals surface area contributed by atoms with Crippen LogP contribution in [-0.4, -0.2) is 39.9 Å². The predicted octanol–water partition coefficient (Wildman–Crippen LogP) is 0.654. The molecule has 0 bridgehead atoms. The third-order valence-corrected chi connectivity index (χ3v) is 5.21. The maximum atomic E-state index is 11.6. The fourth-order valence-electron chi connectivity index (χ4n) is 2.18. The van der Waals surface area contributed by atoms with Gasteiger partial charge in [-0.05, 0) is 12.8 Å². The van der Waals surface area contributed by atoms with Crippen LogP contribution in [0.3, 0.4) is 0 Å². The van der Waals surface area contributed by atoms with Gasteiger partial charge < -0.3 is 5.73 Å². The summed E-state index contributed by atoms with van der Waals surface area (Å²) in [6, 6.07) is 0. The average Bonchev–Trinajstić information content (AvgIpc) is 3.06. The van der Waals surface area contributed by atoms with Gasteiger partial charge in [-0.25, -0.2) is 13.1 Å². The van der Waals surface area contributed by atoms with E-state index in [1.165, 1.54) is 0 Å². The standard InChI is InChI=1S/C11H17N5O2S/c1-2-19(17,18)6-5-16-11-8(10(12)13-14-11)9(15-16)7-3-4-7/h7H,2-6H2,1H3,(H3,12,13,14). The van der Waals surface area contributed by atoms with Crippen molar-refractivity contribution in [2.45, 2.75) is 32.2 Å². The molecule has 19 heavy (non-hydrogen) atoms. The molecule has 7 nitrogen and oxygen atoms in total. The molecule has 2 aromatic heterocycles. The van der Waals surface area contributed by atoms with Crippen molar-refractivity contribution >= 4 is 26.7 Å². The normalized spacial score (nSPS) is 16.3. The van der Waals surface area contributed by atoms with Crippen molar-refractivity contribution < 1.29 is 8.42 Å². The van der Waals surface area contributed by atoms with E-state index in [-0.39, 0.29) is 11.5 Å². The molecule has 0 unspecified atom stereocenters. The number of sulfone groups is 1. The van der Waals surface area contributed by atoms with Crippen LogP contribution in [0.2, 0.25) is 0 Å². The average molecular weight is 283 g/mol. The number of hydrogen-bond acceptors (Lipinski definition) is 5. The lowest BCUT2D eigenvalue weighted by Crippen LogP contribution is -2.15. The summed E-state index contributed by atoms with van der Waals surface area (Å²) in [7, 11) is -3.00. The lowest BCUT2D eigenvalue weighted by Gasteiger charge is -2.02. The highest BCUT2D eigenvalue weighted by molar-refractivity contribution is 7.91. The monoisotopic (exact) mass is 283 g/mol. The third-order valence-electron chi connectivity index (χ3n) is 3.52. The highest BCUT2D eigenvalue weighted by atomic mass is 32.2. The van der Waals surface area contributed by atoms with E-state index >= 15 is 0 Å². The van der Waals surface area contributed by atoms with Gasteiger partial charge in [-0.1, -0.05) is 6.92 Å². The first-order chi connectivity index (χ1) is 9.02. The summed E-state index contributed by atoms with van der Waals surface area (Å²) >= 11 is 0.